The Bertz CT molecular complexity index is 850. The highest BCUT2D eigenvalue weighted by molar-refractivity contribution is 5.97. The largest absolute Gasteiger partial charge is 0.379 e. The molecule has 1 saturated heterocycles. The van der Waals surface area contributed by atoms with Gasteiger partial charge in [0, 0.05) is 38.3 Å². The molecule has 0 unspecified atom stereocenters. The van der Waals surface area contributed by atoms with E-state index >= 15 is 0 Å². The molecule has 6 heteroatoms. The molecule has 0 N–H and O–H groups in total. The van der Waals surface area contributed by atoms with Crippen LogP contribution in [-0.2, 0) is 16.0 Å². The third-order valence-corrected chi connectivity index (χ3v) is 5.28. The number of hydrogen-bond acceptors (Lipinski definition) is 3. The van der Waals surface area contributed by atoms with Gasteiger partial charge in [-0.05, 0) is 41.3 Å². The topological polar surface area (TPSA) is 32.8 Å². The van der Waals surface area contributed by atoms with Crippen molar-refractivity contribution in [2.24, 2.45) is 0 Å². The van der Waals surface area contributed by atoms with Crippen LogP contribution in [0, 0.1) is 11.6 Å². The Labute approximate surface area is 157 Å². The van der Waals surface area contributed by atoms with Crippen LogP contribution >= 0.6 is 0 Å². The Kier molecular flexibility index (Phi) is 5.18. The highest BCUT2D eigenvalue weighted by Gasteiger charge is 2.25. The molecule has 0 bridgehead atoms. The molecule has 4 nitrogen and oxygen atoms in total. The van der Waals surface area contributed by atoms with Gasteiger partial charge in [0.05, 0.1) is 13.2 Å². The van der Waals surface area contributed by atoms with Crippen LogP contribution in [0.1, 0.15) is 12.0 Å². The van der Waals surface area contributed by atoms with Crippen molar-refractivity contribution < 1.29 is 18.3 Å². The molecule has 0 aliphatic carbocycles. The average Bonchev–Trinajstić information content (AvgIpc) is 2.70. The number of carbonyl (C=O) groups excluding carboxylic acids is 1. The zero-order chi connectivity index (χ0) is 18.8. The van der Waals surface area contributed by atoms with Gasteiger partial charge < -0.3 is 9.64 Å². The molecule has 2 heterocycles. The summed E-state index contributed by atoms with van der Waals surface area (Å²) < 4.78 is 32.2. The van der Waals surface area contributed by atoms with Crippen LogP contribution in [0.15, 0.2) is 36.4 Å². The average molecular weight is 372 g/mol. The van der Waals surface area contributed by atoms with E-state index in [4.69, 9.17) is 4.74 Å². The second kappa shape index (κ2) is 7.74. The van der Waals surface area contributed by atoms with Crippen molar-refractivity contribution in [3.63, 3.8) is 0 Å². The lowest BCUT2D eigenvalue weighted by molar-refractivity contribution is -0.119. The normalized spacial score (nSPS) is 17.9. The molecule has 0 saturated carbocycles. The third kappa shape index (κ3) is 3.87. The van der Waals surface area contributed by atoms with Gasteiger partial charge in [0.15, 0.2) is 11.6 Å². The third-order valence-electron chi connectivity index (χ3n) is 5.28. The number of halogens is 2. The summed E-state index contributed by atoms with van der Waals surface area (Å²) in [5.41, 5.74) is 3.37. The van der Waals surface area contributed by atoms with Gasteiger partial charge in [0.25, 0.3) is 0 Å². The molecular weight excluding hydrogens is 350 g/mol. The van der Waals surface area contributed by atoms with Crippen LogP contribution in [0.5, 0.6) is 0 Å². The van der Waals surface area contributed by atoms with E-state index < -0.39 is 11.6 Å². The van der Waals surface area contributed by atoms with E-state index in [1.54, 1.807) is 6.07 Å². The van der Waals surface area contributed by atoms with Crippen LogP contribution in [0.2, 0.25) is 0 Å². The molecule has 2 aliphatic rings. The summed E-state index contributed by atoms with van der Waals surface area (Å²) in [6.07, 6.45) is 1.21. The maximum Gasteiger partial charge on any atom is 0.227 e. The molecular formula is C21H22F2N2O2. The molecule has 0 radical (unpaired) electrons. The van der Waals surface area contributed by atoms with E-state index in [1.807, 2.05) is 23.1 Å². The van der Waals surface area contributed by atoms with Crippen LogP contribution in [-0.4, -0.2) is 50.2 Å². The van der Waals surface area contributed by atoms with Crippen LogP contribution in [0.3, 0.4) is 0 Å². The first-order valence-corrected chi connectivity index (χ1v) is 9.30. The van der Waals surface area contributed by atoms with Gasteiger partial charge in [0.2, 0.25) is 5.91 Å². The van der Waals surface area contributed by atoms with Crippen LogP contribution in [0.25, 0.3) is 11.1 Å². The minimum absolute atomic E-state index is 0.109. The Morgan fingerprint density at radius 2 is 1.63 bits per heavy atom. The summed E-state index contributed by atoms with van der Waals surface area (Å²) in [4.78, 5) is 16.7. The fraction of sp³-hybridized carbons (Fsp3) is 0.381. The predicted octanol–water partition coefficient (Wildman–Crippen LogP) is 3.24. The van der Waals surface area contributed by atoms with Crippen LogP contribution in [0.4, 0.5) is 14.5 Å². The minimum atomic E-state index is -0.870. The summed E-state index contributed by atoms with van der Waals surface area (Å²) in [7, 11) is 0. The number of aryl methyl sites for hydroxylation is 1. The van der Waals surface area contributed by atoms with Crippen molar-refractivity contribution >= 4 is 11.6 Å². The fourth-order valence-electron chi connectivity index (χ4n) is 3.70. The van der Waals surface area contributed by atoms with Gasteiger partial charge in [-0.15, -0.1) is 0 Å². The maximum absolute atomic E-state index is 13.6. The van der Waals surface area contributed by atoms with Crippen molar-refractivity contribution in [3.05, 3.63) is 53.6 Å². The SMILES string of the molecule is O=C1CCc2ccc(-c3ccc(F)c(F)c3)cc2N1CCN1CCOCC1. The number of hydrogen-bond donors (Lipinski definition) is 0. The Hall–Kier alpha value is -2.31. The van der Waals surface area contributed by atoms with E-state index in [1.165, 1.54) is 6.07 Å². The van der Waals surface area contributed by atoms with E-state index in [0.29, 0.717) is 24.9 Å². The quantitative estimate of drug-likeness (QED) is 0.826. The highest BCUT2D eigenvalue weighted by atomic mass is 19.2. The van der Waals surface area contributed by atoms with Crippen molar-refractivity contribution in [2.75, 3.05) is 44.3 Å². The highest BCUT2D eigenvalue weighted by Crippen LogP contribution is 2.33. The molecule has 1 amide bonds. The van der Waals surface area contributed by atoms with Gasteiger partial charge in [0.1, 0.15) is 0 Å². The lowest BCUT2D eigenvalue weighted by atomic mass is 9.96. The second-order valence-corrected chi connectivity index (χ2v) is 6.97. The molecule has 1 fully saturated rings. The van der Waals surface area contributed by atoms with Gasteiger partial charge in [-0.25, -0.2) is 8.78 Å². The number of rotatable bonds is 4. The van der Waals surface area contributed by atoms with Crippen molar-refractivity contribution in [1.82, 2.24) is 4.90 Å². The van der Waals surface area contributed by atoms with Crippen molar-refractivity contribution in [3.8, 4) is 11.1 Å². The molecule has 2 aliphatic heterocycles. The fourth-order valence-corrected chi connectivity index (χ4v) is 3.70. The Morgan fingerprint density at radius 1 is 0.889 bits per heavy atom. The Morgan fingerprint density at radius 3 is 2.41 bits per heavy atom. The number of amides is 1. The van der Waals surface area contributed by atoms with Crippen molar-refractivity contribution in [1.29, 1.82) is 0 Å². The summed E-state index contributed by atoms with van der Waals surface area (Å²) in [5, 5.41) is 0. The molecule has 2 aromatic carbocycles. The molecule has 0 aromatic heterocycles. The number of morpholine rings is 1. The van der Waals surface area contributed by atoms with E-state index in [9.17, 15) is 13.6 Å². The van der Waals surface area contributed by atoms with Gasteiger partial charge in [-0.2, -0.15) is 0 Å². The molecule has 4 rings (SSSR count). The number of anilines is 1. The molecule has 0 atom stereocenters. The lowest BCUT2D eigenvalue weighted by Gasteiger charge is -2.33. The molecule has 27 heavy (non-hydrogen) atoms. The van der Waals surface area contributed by atoms with Crippen LogP contribution < -0.4 is 4.90 Å². The van der Waals surface area contributed by atoms with E-state index in [2.05, 4.69) is 4.90 Å². The van der Waals surface area contributed by atoms with Crippen molar-refractivity contribution in [2.45, 2.75) is 12.8 Å². The minimum Gasteiger partial charge on any atom is -0.379 e. The molecule has 142 valence electrons. The first-order chi connectivity index (χ1) is 13.1. The first kappa shape index (κ1) is 18.1. The number of benzene rings is 2. The summed E-state index contributed by atoms with van der Waals surface area (Å²) >= 11 is 0. The smallest absolute Gasteiger partial charge is 0.227 e. The summed E-state index contributed by atoms with van der Waals surface area (Å²) in [5.74, 6) is -1.62. The number of fused-ring (bicyclic) bond motifs is 1. The zero-order valence-corrected chi connectivity index (χ0v) is 15.1. The van der Waals surface area contributed by atoms with E-state index in [-0.39, 0.29) is 5.91 Å². The molecule has 0 spiro atoms. The summed E-state index contributed by atoms with van der Waals surface area (Å²) in [6, 6.07) is 9.69. The maximum atomic E-state index is 13.6. The zero-order valence-electron chi connectivity index (χ0n) is 15.1. The summed E-state index contributed by atoms with van der Waals surface area (Å²) in [6.45, 7) is 4.63. The predicted molar refractivity (Wildman–Crippen MR) is 99.7 cm³/mol. The number of nitrogens with zero attached hydrogens (tertiary/aromatic N) is 2. The van der Waals surface area contributed by atoms with Gasteiger partial charge in [-0.3, -0.25) is 9.69 Å². The lowest BCUT2D eigenvalue weighted by Crippen LogP contribution is -2.44. The number of carbonyl (C=O) groups is 1. The molecule has 2 aromatic rings. The van der Waals surface area contributed by atoms with E-state index in [0.717, 1.165) is 55.7 Å². The standard InChI is InChI=1S/C21H22F2N2O2/c22-18-5-3-16(13-19(18)23)17-2-1-15-4-6-21(26)25(20(15)14-17)8-7-24-9-11-27-12-10-24/h1-3,5,13-14H,4,6-12H2. The Balaban J connectivity index is 1.59. The van der Waals surface area contributed by atoms with Gasteiger partial charge in [-0.1, -0.05) is 18.2 Å². The monoisotopic (exact) mass is 372 g/mol. The van der Waals surface area contributed by atoms with Gasteiger partial charge >= 0.3 is 0 Å². The number of ether oxygens (including phenoxy) is 1. The second-order valence-electron chi connectivity index (χ2n) is 6.97. The first-order valence-electron chi connectivity index (χ1n) is 9.30.